The molecule has 0 spiro atoms. The molecule has 1 aliphatic rings. The SMILES string of the molecule is COc1cc(C2C(C(=O)/C=C/c3ccccc3)=C(O)C(=O)N2c2nnc(SCc3cccc4ccccc34)s2)ccc1OCc1ccccc1. The quantitative estimate of drug-likeness (QED) is 0.0770. The molecule has 1 atom stereocenters. The maximum atomic E-state index is 13.8. The molecule has 0 aliphatic carbocycles. The number of carbonyl (C=O) groups excluding carboxylic acids is 2. The number of ether oxygens (including phenoxy) is 2. The van der Waals surface area contributed by atoms with E-state index in [1.807, 2.05) is 78.9 Å². The Morgan fingerprint density at radius 3 is 2.44 bits per heavy atom. The van der Waals surface area contributed by atoms with Gasteiger partial charge in [0, 0.05) is 5.75 Å². The van der Waals surface area contributed by atoms with Crippen LogP contribution < -0.4 is 14.4 Å². The second kappa shape index (κ2) is 14.8. The van der Waals surface area contributed by atoms with Gasteiger partial charge in [0.1, 0.15) is 6.61 Å². The number of rotatable bonds is 12. The van der Waals surface area contributed by atoms with Gasteiger partial charge in [-0.2, -0.15) is 0 Å². The van der Waals surface area contributed by atoms with Gasteiger partial charge in [0.05, 0.1) is 18.7 Å². The lowest BCUT2D eigenvalue weighted by atomic mass is 9.95. The lowest BCUT2D eigenvalue weighted by molar-refractivity contribution is -0.117. The first-order valence-electron chi connectivity index (χ1n) is 15.8. The lowest BCUT2D eigenvalue weighted by Gasteiger charge is -2.24. The zero-order chi connectivity index (χ0) is 34.5. The molecule has 1 N–H and O–H groups in total. The van der Waals surface area contributed by atoms with Crippen molar-refractivity contribution in [1.82, 2.24) is 10.2 Å². The highest BCUT2D eigenvalue weighted by Gasteiger charge is 2.45. The van der Waals surface area contributed by atoms with Crippen LogP contribution in [0.3, 0.4) is 0 Å². The first kappa shape index (κ1) is 32.8. The van der Waals surface area contributed by atoms with Crippen LogP contribution >= 0.6 is 23.1 Å². The fourth-order valence-electron chi connectivity index (χ4n) is 5.82. The minimum Gasteiger partial charge on any atom is -0.503 e. The van der Waals surface area contributed by atoms with Gasteiger partial charge in [-0.05, 0) is 51.2 Å². The summed E-state index contributed by atoms with van der Waals surface area (Å²) in [6, 6.07) is 37.7. The summed E-state index contributed by atoms with van der Waals surface area (Å²) >= 11 is 2.73. The topological polar surface area (TPSA) is 102 Å². The van der Waals surface area contributed by atoms with Crippen molar-refractivity contribution >= 4 is 56.8 Å². The van der Waals surface area contributed by atoms with Crippen LogP contribution in [0.4, 0.5) is 5.13 Å². The summed E-state index contributed by atoms with van der Waals surface area (Å²) in [6.45, 7) is 0.323. The number of aromatic nitrogens is 2. The molecule has 1 aromatic heterocycles. The molecule has 2 heterocycles. The van der Waals surface area contributed by atoms with Gasteiger partial charge in [-0.1, -0.05) is 138 Å². The molecule has 0 bridgehead atoms. The summed E-state index contributed by atoms with van der Waals surface area (Å²) < 4.78 is 12.4. The first-order chi connectivity index (χ1) is 24.5. The molecule has 1 unspecified atom stereocenters. The summed E-state index contributed by atoms with van der Waals surface area (Å²) in [7, 11) is 1.53. The average molecular weight is 698 g/mol. The number of benzene rings is 5. The lowest BCUT2D eigenvalue weighted by Crippen LogP contribution is -2.30. The Morgan fingerprint density at radius 1 is 0.900 bits per heavy atom. The van der Waals surface area contributed by atoms with Crippen molar-refractivity contribution < 1.29 is 24.2 Å². The van der Waals surface area contributed by atoms with Gasteiger partial charge >= 0.3 is 0 Å². The van der Waals surface area contributed by atoms with Crippen molar-refractivity contribution in [3.8, 4) is 11.5 Å². The van der Waals surface area contributed by atoms with Crippen LogP contribution in [-0.4, -0.2) is 34.1 Å². The molecule has 248 valence electrons. The third-order valence-electron chi connectivity index (χ3n) is 8.27. The maximum Gasteiger partial charge on any atom is 0.296 e. The van der Waals surface area contributed by atoms with E-state index in [0.29, 0.717) is 33.8 Å². The van der Waals surface area contributed by atoms with Crippen molar-refractivity contribution in [1.29, 1.82) is 0 Å². The summed E-state index contributed by atoms with van der Waals surface area (Å²) in [5.41, 5.74) is 3.41. The fraction of sp³-hybridized carbons (Fsp3) is 0.100. The molecule has 0 saturated heterocycles. The number of nitrogens with zero attached hydrogens (tertiary/aromatic N) is 3. The summed E-state index contributed by atoms with van der Waals surface area (Å²) in [4.78, 5) is 29.0. The minimum absolute atomic E-state index is 0.0673. The van der Waals surface area contributed by atoms with Crippen LogP contribution in [-0.2, 0) is 21.9 Å². The number of anilines is 1. The Kier molecular flexibility index (Phi) is 9.72. The predicted molar refractivity (Wildman–Crippen MR) is 198 cm³/mol. The second-order valence-electron chi connectivity index (χ2n) is 11.4. The van der Waals surface area contributed by atoms with Gasteiger partial charge in [0.2, 0.25) is 5.13 Å². The number of methoxy groups -OCH3 is 1. The van der Waals surface area contributed by atoms with E-state index in [1.54, 1.807) is 24.3 Å². The van der Waals surface area contributed by atoms with Gasteiger partial charge in [-0.3, -0.25) is 14.5 Å². The maximum absolute atomic E-state index is 13.8. The molecule has 0 radical (unpaired) electrons. The van der Waals surface area contributed by atoms with Crippen LogP contribution in [0.5, 0.6) is 11.5 Å². The highest BCUT2D eigenvalue weighted by atomic mass is 32.2. The third kappa shape index (κ3) is 6.89. The van der Waals surface area contributed by atoms with Gasteiger partial charge < -0.3 is 14.6 Å². The van der Waals surface area contributed by atoms with Gasteiger partial charge in [-0.15, -0.1) is 10.2 Å². The number of aliphatic hydroxyl groups is 1. The Hall–Kier alpha value is -5.71. The first-order valence-corrected chi connectivity index (χ1v) is 17.6. The van der Waals surface area contributed by atoms with Crippen LogP contribution in [0, 0.1) is 0 Å². The molecular formula is C40H31N3O5S2. The summed E-state index contributed by atoms with van der Waals surface area (Å²) in [5.74, 6) is -0.341. The molecular weight excluding hydrogens is 667 g/mol. The van der Waals surface area contributed by atoms with Gasteiger partial charge in [-0.25, -0.2) is 0 Å². The van der Waals surface area contributed by atoms with E-state index in [0.717, 1.165) is 27.5 Å². The second-order valence-corrected chi connectivity index (χ2v) is 13.6. The van der Waals surface area contributed by atoms with Crippen molar-refractivity contribution in [2.24, 2.45) is 0 Å². The van der Waals surface area contributed by atoms with Crippen molar-refractivity contribution in [2.45, 2.75) is 22.7 Å². The predicted octanol–water partition coefficient (Wildman–Crippen LogP) is 8.75. The van der Waals surface area contributed by atoms with E-state index in [9.17, 15) is 14.7 Å². The van der Waals surface area contributed by atoms with Crippen LogP contribution in [0.1, 0.15) is 28.3 Å². The number of aliphatic hydroxyl groups excluding tert-OH is 1. The van der Waals surface area contributed by atoms with Crippen LogP contribution in [0.2, 0.25) is 0 Å². The zero-order valence-electron chi connectivity index (χ0n) is 26.9. The number of amides is 1. The molecule has 7 rings (SSSR count). The average Bonchev–Trinajstić information content (AvgIpc) is 3.74. The molecule has 6 aromatic rings. The van der Waals surface area contributed by atoms with E-state index in [4.69, 9.17) is 9.47 Å². The van der Waals surface area contributed by atoms with E-state index >= 15 is 0 Å². The van der Waals surface area contributed by atoms with Crippen molar-refractivity contribution in [3.05, 3.63) is 161 Å². The van der Waals surface area contributed by atoms with Crippen LogP contribution in [0.25, 0.3) is 16.8 Å². The van der Waals surface area contributed by atoms with E-state index in [1.165, 1.54) is 41.2 Å². The molecule has 1 aliphatic heterocycles. The highest BCUT2D eigenvalue weighted by molar-refractivity contribution is 8.00. The third-order valence-corrected chi connectivity index (χ3v) is 10.4. The normalized spacial score (nSPS) is 14.5. The summed E-state index contributed by atoms with van der Waals surface area (Å²) in [6.07, 6.45) is 3.02. The largest absolute Gasteiger partial charge is 0.503 e. The molecule has 0 fully saturated rings. The minimum atomic E-state index is -1.00. The fourth-order valence-corrected chi connectivity index (χ4v) is 7.69. The number of hydrogen-bond acceptors (Lipinski definition) is 9. The van der Waals surface area contributed by atoms with Crippen LogP contribution in [0.15, 0.2) is 143 Å². The monoisotopic (exact) mass is 697 g/mol. The number of fused-ring (bicyclic) bond motifs is 1. The Bertz CT molecular complexity index is 2230. The number of hydrogen-bond donors (Lipinski definition) is 1. The Balaban J connectivity index is 1.21. The zero-order valence-corrected chi connectivity index (χ0v) is 28.6. The number of ketones is 1. The smallest absolute Gasteiger partial charge is 0.296 e. The van der Waals surface area contributed by atoms with Gasteiger partial charge in [0.25, 0.3) is 5.91 Å². The van der Waals surface area contributed by atoms with Crippen molar-refractivity contribution in [3.63, 3.8) is 0 Å². The molecule has 5 aromatic carbocycles. The van der Waals surface area contributed by atoms with E-state index in [2.05, 4.69) is 34.5 Å². The molecule has 50 heavy (non-hydrogen) atoms. The number of allylic oxidation sites excluding steroid dienone is 1. The molecule has 0 saturated carbocycles. The van der Waals surface area contributed by atoms with E-state index < -0.39 is 23.5 Å². The standard InChI is InChI=1S/C40H31N3O5S2/c1-47-34-23-29(20-22-33(34)48-24-27-13-6-3-7-14-27)36-35(32(44)21-19-26-11-4-2-5-12-26)37(45)38(46)43(36)39-41-42-40(50-39)49-25-30-17-10-16-28-15-8-9-18-31(28)30/h2-23,36,45H,24-25H2,1H3/b21-19+. The summed E-state index contributed by atoms with van der Waals surface area (Å²) in [5, 5.41) is 22.6. The van der Waals surface area contributed by atoms with Crippen molar-refractivity contribution in [2.75, 3.05) is 12.0 Å². The Morgan fingerprint density at radius 2 is 1.64 bits per heavy atom. The number of thioether (sulfide) groups is 1. The van der Waals surface area contributed by atoms with Gasteiger partial charge in [0.15, 0.2) is 27.4 Å². The molecule has 1 amide bonds. The number of carbonyl (C=O) groups is 2. The molecule has 10 heteroatoms. The molecule has 8 nitrogen and oxygen atoms in total. The highest BCUT2D eigenvalue weighted by Crippen LogP contribution is 2.45. The van der Waals surface area contributed by atoms with E-state index in [-0.39, 0.29) is 10.7 Å². The Labute approximate surface area is 297 Å².